The molecule has 1 aliphatic rings. The first-order valence-electron chi connectivity index (χ1n) is 15.6. The number of hydrogen-bond donors (Lipinski definition) is 3. The summed E-state index contributed by atoms with van der Waals surface area (Å²) in [6.45, 7) is 0.478. The van der Waals surface area contributed by atoms with E-state index in [9.17, 15) is 14.4 Å². The van der Waals surface area contributed by atoms with Crippen LogP contribution in [0.1, 0.15) is 48.9 Å². The number of H-pyrrole nitrogens is 1. The molecular formula is C36H42ClN5O4. The maximum absolute atomic E-state index is 12.9. The Labute approximate surface area is 276 Å². The van der Waals surface area contributed by atoms with E-state index in [1.807, 2.05) is 93.9 Å². The molecule has 46 heavy (non-hydrogen) atoms. The minimum Gasteiger partial charge on any atom is -1.00 e. The lowest BCUT2D eigenvalue weighted by Gasteiger charge is -2.30. The molecule has 3 N–H and O–H groups in total. The number of benzene rings is 3. The Balaban J connectivity index is 0.00000480. The molecule has 1 fully saturated rings. The van der Waals surface area contributed by atoms with Gasteiger partial charge >= 0.3 is 5.97 Å². The number of nitrogens with zero attached hydrogens (tertiary/aromatic N) is 2. The number of quaternary nitrogens is 1. The van der Waals surface area contributed by atoms with Crippen molar-refractivity contribution in [1.82, 2.24) is 20.8 Å². The van der Waals surface area contributed by atoms with Crippen LogP contribution in [0.2, 0.25) is 0 Å². The Hall–Kier alpha value is -4.47. The van der Waals surface area contributed by atoms with Crippen molar-refractivity contribution in [2.75, 3.05) is 27.7 Å². The average Bonchev–Trinajstić information content (AvgIpc) is 3.50. The lowest BCUT2D eigenvalue weighted by Crippen LogP contribution is -3.00. The Morgan fingerprint density at radius 1 is 0.826 bits per heavy atom. The average molecular weight is 644 g/mol. The summed E-state index contributed by atoms with van der Waals surface area (Å²) in [7, 11) is 5.95. The van der Waals surface area contributed by atoms with Gasteiger partial charge in [-0.15, -0.1) is 0 Å². The number of carbonyl (C=O) groups is 3. The maximum Gasteiger partial charge on any atom is 0.309 e. The fourth-order valence-corrected chi connectivity index (χ4v) is 5.72. The number of imidazole rings is 1. The van der Waals surface area contributed by atoms with Gasteiger partial charge in [-0.1, -0.05) is 92.1 Å². The number of rotatable bonds is 10. The van der Waals surface area contributed by atoms with Crippen molar-refractivity contribution in [2.24, 2.45) is 5.92 Å². The van der Waals surface area contributed by atoms with Gasteiger partial charge in [-0.05, 0) is 25.0 Å². The number of carbonyl (C=O) groups excluding carboxylic acids is 3. The van der Waals surface area contributed by atoms with Gasteiger partial charge in [0.25, 0.3) is 5.91 Å². The summed E-state index contributed by atoms with van der Waals surface area (Å²) < 4.78 is 6.34. The van der Waals surface area contributed by atoms with Gasteiger partial charge in [-0.25, -0.2) is 4.98 Å². The van der Waals surface area contributed by atoms with Gasteiger partial charge in [0.2, 0.25) is 5.91 Å². The highest BCUT2D eigenvalue weighted by Crippen LogP contribution is 2.33. The van der Waals surface area contributed by atoms with Gasteiger partial charge in [-0.2, -0.15) is 0 Å². The van der Waals surface area contributed by atoms with E-state index in [1.54, 1.807) is 12.1 Å². The van der Waals surface area contributed by atoms with E-state index in [2.05, 4.69) is 15.8 Å². The maximum atomic E-state index is 12.9. The highest BCUT2D eigenvalue weighted by atomic mass is 35.5. The molecule has 10 heteroatoms. The van der Waals surface area contributed by atoms with Gasteiger partial charge in [0.1, 0.15) is 12.4 Å². The molecule has 1 atom stereocenters. The van der Waals surface area contributed by atoms with Crippen LogP contribution in [0.4, 0.5) is 0 Å². The number of nitrogens with one attached hydrogen (secondary N) is 3. The fourth-order valence-electron chi connectivity index (χ4n) is 5.72. The van der Waals surface area contributed by atoms with Gasteiger partial charge in [0.05, 0.1) is 44.9 Å². The largest absolute Gasteiger partial charge is 1.00 e. The normalized spacial score (nSPS) is 14.1. The number of esters is 1. The number of hydrazine groups is 1. The number of hydrogen-bond acceptors (Lipinski definition) is 5. The molecule has 0 aliphatic heterocycles. The summed E-state index contributed by atoms with van der Waals surface area (Å²) in [5.74, 6) is -0.526. The zero-order valence-electron chi connectivity index (χ0n) is 26.6. The summed E-state index contributed by atoms with van der Waals surface area (Å²) in [5.41, 5.74) is 9.95. The van der Waals surface area contributed by atoms with E-state index in [0.717, 1.165) is 60.2 Å². The molecule has 2 amide bonds. The number of aromatic amines is 1. The second kappa shape index (κ2) is 15.7. The number of halogens is 1. The van der Waals surface area contributed by atoms with Crippen LogP contribution < -0.4 is 23.3 Å². The summed E-state index contributed by atoms with van der Waals surface area (Å²) in [5, 5.41) is 0. The van der Waals surface area contributed by atoms with Crippen LogP contribution >= 0.6 is 0 Å². The molecule has 3 aromatic carbocycles. The van der Waals surface area contributed by atoms with E-state index >= 15 is 0 Å². The predicted octanol–water partition coefficient (Wildman–Crippen LogP) is 2.76. The molecule has 5 rings (SSSR count). The van der Waals surface area contributed by atoms with Crippen LogP contribution in [0, 0.1) is 5.92 Å². The molecule has 1 unspecified atom stereocenters. The van der Waals surface area contributed by atoms with Crippen molar-refractivity contribution < 1.29 is 36.0 Å². The van der Waals surface area contributed by atoms with E-state index in [-0.39, 0.29) is 30.7 Å². The first-order valence-corrected chi connectivity index (χ1v) is 15.6. The molecule has 9 nitrogen and oxygen atoms in total. The van der Waals surface area contributed by atoms with Gasteiger partial charge in [0, 0.05) is 22.3 Å². The molecule has 1 saturated carbocycles. The first-order chi connectivity index (χ1) is 21.7. The SMILES string of the molecule is C[N+](C)(C)CC(CC(=O)NNC(=O)c1ccc(-c2nc(-c3ccccc3)c(-c3ccccc3)[nH]2)cc1)OC(=O)C1CCCCC1.[Cl-]. The number of aromatic nitrogens is 2. The molecule has 1 aliphatic carbocycles. The fraction of sp³-hybridized carbons (Fsp3) is 0.333. The van der Waals surface area contributed by atoms with Crippen LogP contribution in [0.5, 0.6) is 0 Å². The Bertz CT molecular complexity index is 1540. The van der Waals surface area contributed by atoms with E-state index in [4.69, 9.17) is 9.72 Å². The summed E-state index contributed by atoms with van der Waals surface area (Å²) in [6.07, 6.45) is 4.23. The molecule has 4 aromatic rings. The Kier molecular flexibility index (Phi) is 11.7. The molecule has 0 radical (unpaired) electrons. The highest BCUT2D eigenvalue weighted by molar-refractivity contribution is 5.96. The summed E-state index contributed by atoms with van der Waals surface area (Å²) in [4.78, 5) is 46.9. The highest BCUT2D eigenvalue weighted by Gasteiger charge is 2.29. The van der Waals surface area contributed by atoms with Crippen LogP contribution in [0.3, 0.4) is 0 Å². The van der Waals surface area contributed by atoms with Crippen LogP contribution in [0.25, 0.3) is 33.9 Å². The third-order valence-corrected chi connectivity index (χ3v) is 7.94. The summed E-state index contributed by atoms with van der Waals surface area (Å²) in [6, 6.07) is 27.1. The predicted molar refractivity (Wildman–Crippen MR) is 174 cm³/mol. The number of amides is 2. The zero-order chi connectivity index (χ0) is 31.8. The van der Waals surface area contributed by atoms with Crippen molar-refractivity contribution >= 4 is 17.8 Å². The quantitative estimate of drug-likeness (QED) is 0.140. The monoisotopic (exact) mass is 643 g/mol. The van der Waals surface area contributed by atoms with Crippen molar-refractivity contribution in [3.05, 3.63) is 90.5 Å². The van der Waals surface area contributed by atoms with Crippen LogP contribution in [0.15, 0.2) is 84.9 Å². The second-order valence-electron chi connectivity index (χ2n) is 12.7. The molecule has 242 valence electrons. The second-order valence-corrected chi connectivity index (χ2v) is 12.7. The smallest absolute Gasteiger partial charge is 0.309 e. The Morgan fingerprint density at radius 2 is 1.43 bits per heavy atom. The van der Waals surface area contributed by atoms with Crippen molar-refractivity contribution in [3.8, 4) is 33.9 Å². The van der Waals surface area contributed by atoms with Gasteiger partial charge < -0.3 is 26.6 Å². The van der Waals surface area contributed by atoms with Gasteiger partial charge in [-0.3, -0.25) is 25.2 Å². The van der Waals surface area contributed by atoms with Crippen LogP contribution in [-0.4, -0.2) is 66.0 Å². The molecule has 1 heterocycles. The van der Waals surface area contributed by atoms with Crippen LogP contribution in [-0.2, 0) is 14.3 Å². The Morgan fingerprint density at radius 3 is 2.04 bits per heavy atom. The minimum absolute atomic E-state index is 0. The van der Waals surface area contributed by atoms with Gasteiger partial charge in [0.15, 0.2) is 6.10 Å². The third-order valence-electron chi connectivity index (χ3n) is 7.94. The minimum atomic E-state index is -0.592. The lowest BCUT2D eigenvalue weighted by molar-refractivity contribution is -0.873. The standard InChI is InChI=1S/C36H41N5O4.ClH/c1-41(2,3)24-30(45-36(44)29-17-11-6-12-18-29)23-31(42)39-40-35(43)28-21-19-27(20-22-28)34-37-32(25-13-7-4-8-14-25)33(38-34)26-15-9-5-10-16-26;/h4-5,7-10,13-16,19-22,29-30H,6,11-12,17-18,23-24H2,1-3H3,(H2-,37,38,39,40,42,43);1H. The van der Waals surface area contributed by atoms with E-state index < -0.39 is 17.9 Å². The van der Waals surface area contributed by atoms with Crippen molar-refractivity contribution in [3.63, 3.8) is 0 Å². The number of likely N-dealkylation sites (N-methyl/N-ethyl adjacent to an activating group) is 1. The third kappa shape index (κ3) is 9.28. The van der Waals surface area contributed by atoms with E-state index in [0.29, 0.717) is 22.4 Å². The topological polar surface area (TPSA) is 113 Å². The molecule has 0 spiro atoms. The number of ether oxygens (including phenoxy) is 1. The van der Waals surface area contributed by atoms with Crippen molar-refractivity contribution in [2.45, 2.75) is 44.6 Å². The summed E-state index contributed by atoms with van der Waals surface area (Å²) >= 11 is 0. The van der Waals surface area contributed by atoms with Crippen molar-refractivity contribution in [1.29, 1.82) is 0 Å². The molecular weight excluding hydrogens is 602 g/mol. The lowest BCUT2D eigenvalue weighted by atomic mass is 9.89. The first kappa shape index (κ1) is 34.4. The molecule has 0 saturated heterocycles. The molecule has 1 aromatic heterocycles. The van der Waals surface area contributed by atoms with E-state index in [1.165, 1.54) is 0 Å². The molecule has 0 bridgehead atoms. The zero-order valence-corrected chi connectivity index (χ0v) is 27.3.